The summed E-state index contributed by atoms with van der Waals surface area (Å²) < 4.78 is 5.81. The summed E-state index contributed by atoms with van der Waals surface area (Å²) in [5.74, 6) is 1.79. The highest BCUT2D eigenvalue weighted by Gasteiger charge is 2.63. The lowest BCUT2D eigenvalue weighted by Gasteiger charge is -2.06. The van der Waals surface area contributed by atoms with Crippen LogP contribution in [0.3, 0.4) is 0 Å². The third-order valence-corrected chi connectivity index (χ3v) is 5.87. The van der Waals surface area contributed by atoms with Crippen molar-refractivity contribution in [1.29, 1.82) is 0 Å². The number of para-hydroxylation sites is 1. The Morgan fingerprint density at radius 2 is 1.75 bits per heavy atom. The van der Waals surface area contributed by atoms with Crippen molar-refractivity contribution in [2.75, 3.05) is 6.54 Å². The number of furan rings is 1. The molecular formula is C18H25NO. The van der Waals surface area contributed by atoms with Crippen molar-refractivity contribution < 1.29 is 4.42 Å². The SMILES string of the molecule is Cc1oc2ccccc2c1CNCC1C(C)(C)C1(C)C. The van der Waals surface area contributed by atoms with Crippen LogP contribution in [0, 0.1) is 23.7 Å². The molecule has 0 spiro atoms. The molecule has 1 aliphatic carbocycles. The van der Waals surface area contributed by atoms with Gasteiger partial charge >= 0.3 is 0 Å². The van der Waals surface area contributed by atoms with Crippen molar-refractivity contribution in [2.24, 2.45) is 16.7 Å². The van der Waals surface area contributed by atoms with Gasteiger partial charge in [0.2, 0.25) is 0 Å². The summed E-state index contributed by atoms with van der Waals surface area (Å²) in [5.41, 5.74) is 3.20. The number of benzene rings is 1. The molecule has 1 heterocycles. The van der Waals surface area contributed by atoms with Gasteiger partial charge in [0.25, 0.3) is 0 Å². The molecule has 1 N–H and O–H groups in total. The molecule has 108 valence electrons. The van der Waals surface area contributed by atoms with Crippen molar-refractivity contribution in [3.05, 3.63) is 35.6 Å². The summed E-state index contributed by atoms with van der Waals surface area (Å²) in [7, 11) is 0. The summed E-state index contributed by atoms with van der Waals surface area (Å²) in [6.07, 6.45) is 0. The number of hydrogen-bond acceptors (Lipinski definition) is 2. The molecule has 0 bridgehead atoms. The minimum absolute atomic E-state index is 0.452. The van der Waals surface area contributed by atoms with Crippen molar-refractivity contribution in [1.82, 2.24) is 5.32 Å². The maximum absolute atomic E-state index is 5.81. The van der Waals surface area contributed by atoms with E-state index in [1.165, 1.54) is 10.9 Å². The van der Waals surface area contributed by atoms with Crippen LogP contribution < -0.4 is 5.32 Å². The zero-order valence-electron chi connectivity index (χ0n) is 13.2. The molecule has 1 saturated carbocycles. The predicted molar refractivity (Wildman–Crippen MR) is 83.7 cm³/mol. The molecule has 0 atom stereocenters. The number of fused-ring (bicyclic) bond motifs is 1. The summed E-state index contributed by atoms with van der Waals surface area (Å²) in [6.45, 7) is 13.5. The highest BCUT2D eigenvalue weighted by atomic mass is 16.3. The zero-order chi connectivity index (χ0) is 14.5. The molecule has 0 radical (unpaired) electrons. The predicted octanol–water partition coefficient (Wildman–Crippen LogP) is 4.51. The average molecular weight is 271 g/mol. The van der Waals surface area contributed by atoms with E-state index >= 15 is 0 Å². The Kier molecular flexibility index (Phi) is 2.98. The minimum Gasteiger partial charge on any atom is -0.461 e. The Morgan fingerprint density at radius 1 is 1.10 bits per heavy atom. The van der Waals surface area contributed by atoms with Crippen LogP contribution in [-0.4, -0.2) is 6.54 Å². The Hall–Kier alpha value is -1.28. The van der Waals surface area contributed by atoms with E-state index in [0.29, 0.717) is 10.8 Å². The third kappa shape index (κ3) is 1.89. The fourth-order valence-electron chi connectivity index (χ4n) is 3.63. The highest BCUT2D eigenvalue weighted by Crippen LogP contribution is 2.67. The van der Waals surface area contributed by atoms with Crippen molar-refractivity contribution >= 4 is 11.0 Å². The van der Waals surface area contributed by atoms with E-state index in [1.807, 2.05) is 12.1 Å². The molecule has 0 amide bonds. The van der Waals surface area contributed by atoms with Gasteiger partial charge in [-0.2, -0.15) is 0 Å². The van der Waals surface area contributed by atoms with E-state index in [-0.39, 0.29) is 0 Å². The number of rotatable bonds is 4. The molecule has 1 aromatic heterocycles. The molecule has 3 rings (SSSR count). The van der Waals surface area contributed by atoms with Gasteiger partial charge in [0.05, 0.1) is 0 Å². The summed E-state index contributed by atoms with van der Waals surface area (Å²) >= 11 is 0. The number of hydrogen-bond donors (Lipinski definition) is 1. The van der Waals surface area contributed by atoms with Crippen molar-refractivity contribution in [3.8, 4) is 0 Å². The highest BCUT2D eigenvalue weighted by molar-refractivity contribution is 5.82. The number of nitrogens with one attached hydrogen (secondary N) is 1. The maximum Gasteiger partial charge on any atom is 0.134 e. The smallest absolute Gasteiger partial charge is 0.134 e. The van der Waals surface area contributed by atoms with Crippen LogP contribution in [0.5, 0.6) is 0 Å². The van der Waals surface area contributed by atoms with Crippen LogP contribution >= 0.6 is 0 Å². The topological polar surface area (TPSA) is 25.2 Å². The second-order valence-electron chi connectivity index (χ2n) is 7.26. The largest absolute Gasteiger partial charge is 0.461 e. The fourth-order valence-corrected chi connectivity index (χ4v) is 3.63. The first-order valence-electron chi connectivity index (χ1n) is 7.53. The molecule has 2 nitrogen and oxygen atoms in total. The fraction of sp³-hybridized carbons (Fsp3) is 0.556. The molecule has 1 aliphatic rings. The lowest BCUT2D eigenvalue weighted by Crippen LogP contribution is -2.19. The van der Waals surface area contributed by atoms with Gasteiger partial charge in [-0.15, -0.1) is 0 Å². The third-order valence-electron chi connectivity index (χ3n) is 5.87. The maximum atomic E-state index is 5.81. The van der Waals surface area contributed by atoms with Crippen LogP contribution in [-0.2, 0) is 6.54 Å². The molecule has 2 aromatic rings. The molecule has 20 heavy (non-hydrogen) atoms. The molecule has 0 unspecified atom stereocenters. The molecule has 1 fully saturated rings. The van der Waals surface area contributed by atoms with Gasteiger partial charge < -0.3 is 9.73 Å². The van der Waals surface area contributed by atoms with E-state index < -0.39 is 0 Å². The quantitative estimate of drug-likeness (QED) is 0.885. The summed E-state index contributed by atoms with van der Waals surface area (Å²) in [4.78, 5) is 0. The van der Waals surface area contributed by atoms with Crippen LogP contribution in [0.4, 0.5) is 0 Å². The second kappa shape index (κ2) is 4.36. The van der Waals surface area contributed by atoms with E-state index in [0.717, 1.165) is 30.4 Å². The van der Waals surface area contributed by atoms with E-state index in [9.17, 15) is 0 Å². The summed E-state index contributed by atoms with van der Waals surface area (Å²) in [5, 5.41) is 4.88. The second-order valence-corrected chi connectivity index (χ2v) is 7.26. The van der Waals surface area contributed by atoms with Gasteiger partial charge in [-0.05, 0) is 36.3 Å². The summed E-state index contributed by atoms with van der Waals surface area (Å²) in [6, 6.07) is 8.29. The molecule has 1 aromatic carbocycles. The van der Waals surface area contributed by atoms with Crippen LogP contribution in [0.15, 0.2) is 28.7 Å². The van der Waals surface area contributed by atoms with Crippen LogP contribution in [0.1, 0.15) is 39.0 Å². The van der Waals surface area contributed by atoms with Crippen LogP contribution in [0.25, 0.3) is 11.0 Å². The molecular weight excluding hydrogens is 246 g/mol. The van der Waals surface area contributed by atoms with Gasteiger partial charge in [0, 0.05) is 17.5 Å². The zero-order valence-corrected chi connectivity index (χ0v) is 13.2. The first-order chi connectivity index (χ1) is 9.35. The van der Waals surface area contributed by atoms with Gasteiger partial charge in [-0.3, -0.25) is 0 Å². The van der Waals surface area contributed by atoms with Gasteiger partial charge in [-0.25, -0.2) is 0 Å². The Labute approximate surface area is 121 Å². The van der Waals surface area contributed by atoms with Crippen LogP contribution in [0.2, 0.25) is 0 Å². The normalized spacial score (nSPS) is 20.4. The monoisotopic (exact) mass is 271 g/mol. The molecule has 2 heteroatoms. The first-order valence-corrected chi connectivity index (χ1v) is 7.53. The molecule has 0 saturated heterocycles. The lowest BCUT2D eigenvalue weighted by atomic mass is 10.0. The Balaban J connectivity index is 1.68. The van der Waals surface area contributed by atoms with Crippen molar-refractivity contribution in [3.63, 3.8) is 0 Å². The standard InChI is InChI=1S/C18H25NO/c1-12-14(13-8-6-7-9-15(13)20-12)10-19-11-16-17(2,3)18(16,4)5/h6-9,16,19H,10-11H2,1-5H3. The molecule has 0 aliphatic heterocycles. The van der Waals surface area contributed by atoms with Crippen molar-refractivity contribution in [2.45, 2.75) is 41.2 Å². The minimum atomic E-state index is 0.452. The van der Waals surface area contributed by atoms with Gasteiger partial charge in [0.1, 0.15) is 11.3 Å². The van der Waals surface area contributed by atoms with E-state index in [4.69, 9.17) is 4.42 Å². The van der Waals surface area contributed by atoms with E-state index in [1.54, 1.807) is 0 Å². The average Bonchev–Trinajstić information content (AvgIpc) is 2.67. The van der Waals surface area contributed by atoms with E-state index in [2.05, 4.69) is 52.1 Å². The van der Waals surface area contributed by atoms with Gasteiger partial charge in [0.15, 0.2) is 0 Å². The van der Waals surface area contributed by atoms with Gasteiger partial charge in [-0.1, -0.05) is 45.9 Å². The first kappa shape index (κ1) is 13.7. The Morgan fingerprint density at radius 3 is 2.40 bits per heavy atom. The lowest BCUT2D eigenvalue weighted by molar-refractivity contribution is 0.457. The number of aryl methyl sites for hydroxylation is 1. The Bertz CT molecular complexity index is 622.